The lowest BCUT2D eigenvalue weighted by Gasteiger charge is -2.04. The highest BCUT2D eigenvalue weighted by Crippen LogP contribution is 2.21. The standard InChI is InChI=1S/C18H13F2N5O/c1-11-6-12(19)2-3-15(11)16-8-22-18-23-13(9-25(18)24-16)10-26-14-4-5-21-17(20)7-14/h2-9H,10H2,1H3. The summed E-state index contributed by atoms with van der Waals surface area (Å²) in [4.78, 5) is 12.1. The van der Waals surface area contributed by atoms with E-state index >= 15 is 0 Å². The van der Waals surface area contributed by atoms with E-state index in [0.29, 0.717) is 22.9 Å². The summed E-state index contributed by atoms with van der Waals surface area (Å²) < 4.78 is 33.4. The van der Waals surface area contributed by atoms with Gasteiger partial charge in [-0.25, -0.2) is 23.9 Å². The molecule has 3 heterocycles. The highest BCUT2D eigenvalue weighted by molar-refractivity contribution is 5.62. The quantitative estimate of drug-likeness (QED) is 0.527. The summed E-state index contributed by atoms with van der Waals surface area (Å²) in [6.45, 7) is 1.95. The molecular formula is C18H13F2N5O. The zero-order valence-electron chi connectivity index (χ0n) is 13.7. The molecule has 8 heteroatoms. The monoisotopic (exact) mass is 353 g/mol. The van der Waals surface area contributed by atoms with Crippen molar-refractivity contribution in [3.05, 3.63) is 71.9 Å². The third-order valence-electron chi connectivity index (χ3n) is 3.79. The first kappa shape index (κ1) is 16.1. The molecule has 0 aliphatic carbocycles. The summed E-state index contributed by atoms with van der Waals surface area (Å²) >= 11 is 0. The predicted octanol–water partition coefficient (Wildman–Crippen LogP) is 3.35. The number of halogens is 2. The molecule has 0 N–H and O–H groups in total. The number of aryl methyl sites for hydroxylation is 1. The Balaban J connectivity index is 1.59. The van der Waals surface area contributed by atoms with Gasteiger partial charge in [0.05, 0.1) is 12.4 Å². The Labute approximate surface area is 147 Å². The number of rotatable bonds is 4. The molecule has 4 aromatic rings. The third-order valence-corrected chi connectivity index (χ3v) is 3.79. The number of nitrogens with zero attached hydrogens (tertiary/aromatic N) is 5. The molecule has 4 rings (SSSR count). The van der Waals surface area contributed by atoms with E-state index in [-0.39, 0.29) is 12.4 Å². The molecule has 0 bridgehead atoms. The number of fused-ring (bicyclic) bond motifs is 1. The number of pyridine rings is 1. The van der Waals surface area contributed by atoms with E-state index in [0.717, 1.165) is 11.1 Å². The van der Waals surface area contributed by atoms with Crippen LogP contribution in [0.4, 0.5) is 8.78 Å². The van der Waals surface area contributed by atoms with E-state index in [1.165, 1.54) is 28.9 Å². The van der Waals surface area contributed by atoms with Crippen LogP contribution in [0.15, 0.2) is 48.9 Å². The normalized spacial score (nSPS) is 11.0. The van der Waals surface area contributed by atoms with Gasteiger partial charge in [0.2, 0.25) is 5.95 Å². The molecule has 6 nitrogen and oxygen atoms in total. The molecule has 0 amide bonds. The number of ether oxygens (including phenoxy) is 1. The van der Waals surface area contributed by atoms with Crippen molar-refractivity contribution in [2.45, 2.75) is 13.5 Å². The molecule has 0 saturated heterocycles. The molecule has 0 radical (unpaired) electrons. The van der Waals surface area contributed by atoms with Gasteiger partial charge in [-0.2, -0.15) is 9.49 Å². The first-order chi connectivity index (χ1) is 12.6. The first-order valence-electron chi connectivity index (χ1n) is 7.81. The Kier molecular flexibility index (Phi) is 4.00. The minimum atomic E-state index is -0.611. The third kappa shape index (κ3) is 3.21. The van der Waals surface area contributed by atoms with Crippen molar-refractivity contribution < 1.29 is 13.5 Å². The number of aromatic nitrogens is 5. The summed E-state index contributed by atoms with van der Waals surface area (Å²) in [5.41, 5.74) is 2.76. The van der Waals surface area contributed by atoms with Gasteiger partial charge in [0, 0.05) is 17.8 Å². The largest absolute Gasteiger partial charge is 0.487 e. The predicted molar refractivity (Wildman–Crippen MR) is 89.4 cm³/mol. The van der Waals surface area contributed by atoms with E-state index < -0.39 is 5.95 Å². The number of imidazole rings is 1. The molecule has 130 valence electrons. The van der Waals surface area contributed by atoms with Crippen LogP contribution in [0.25, 0.3) is 17.0 Å². The van der Waals surface area contributed by atoms with Gasteiger partial charge in [0.1, 0.15) is 29.6 Å². The minimum absolute atomic E-state index is 0.138. The van der Waals surface area contributed by atoms with Crippen LogP contribution in [0.5, 0.6) is 5.75 Å². The van der Waals surface area contributed by atoms with Crippen molar-refractivity contribution in [2.75, 3.05) is 0 Å². The smallest absolute Gasteiger partial charge is 0.251 e. The van der Waals surface area contributed by atoms with Gasteiger partial charge in [-0.1, -0.05) is 0 Å². The van der Waals surface area contributed by atoms with Crippen LogP contribution in [0.2, 0.25) is 0 Å². The van der Waals surface area contributed by atoms with Crippen molar-refractivity contribution in [3.63, 3.8) is 0 Å². The Morgan fingerprint density at radius 2 is 2.00 bits per heavy atom. The maximum Gasteiger partial charge on any atom is 0.251 e. The molecular weight excluding hydrogens is 340 g/mol. The summed E-state index contributed by atoms with van der Waals surface area (Å²) in [6.07, 6.45) is 4.60. The molecule has 0 unspecified atom stereocenters. The van der Waals surface area contributed by atoms with Gasteiger partial charge >= 0.3 is 0 Å². The lowest BCUT2D eigenvalue weighted by Crippen LogP contribution is -1.97. The molecule has 0 fully saturated rings. The van der Waals surface area contributed by atoms with E-state index in [1.54, 1.807) is 24.5 Å². The Bertz CT molecular complexity index is 1100. The molecule has 0 atom stereocenters. The molecule has 0 spiro atoms. The molecule has 26 heavy (non-hydrogen) atoms. The van der Waals surface area contributed by atoms with E-state index in [1.807, 2.05) is 6.92 Å². The van der Waals surface area contributed by atoms with Gasteiger partial charge in [-0.15, -0.1) is 0 Å². The zero-order valence-corrected chi connectivity index (χ0v) is 13.7. The van der Waals surface area contributed by atoms with E-state index in [2.05, 4.69) is 20.1 Å². The van der Waals surface area contributed by atoms with Crippen molar-refractivity contribution in [1.82, 2.24) is 24.6 Å². The average Bonchev–Trinajstić information content (AvgIpc) is 3.02. The van der Waals surface area contributed by atoms with Crippen LogP contribution in [-0.4, -0.2) is 24.6 Å². The fourth-order valence-corrected chi connectivity index (χ4v) is 2.57. The SMILES string of the molecule is Cc1cc(F)ccc1-c1cnc2nc(COc3ccnc(F)c3)cn2n1. The molecule has 3 aromatic heterocycles. The highest BCUT2D eigenvalue weighted by atomic mass is 19.1. The van der Waals surface area contributed by atoms with Gasteiger partial charge in [-0.05, 0) is 36.8 Å². The molecule has 0 aliphatic heterocycles. The topological polar surface area (TPSA) is 65.2 Å². The first-order valence-corrected chi connectivity index (χ1v) is 7.81. The van der Waals surface area contributed by atoms with Gasteiger partial charge in [0.15, 0.2) is 0 Å². The van der Waals surface area contributed by atoms with Crippen LogP contribution in [0, 0.1) is 18.7 Å². The van der Waals surface area contributed by atoms with E-state index in [4.69, 9.17) is 4.74 Å². The summed E-state index contributed by atoms with van der Waals surface area (Å²) in [7, 11) is 0. The van der Waals surface area contributed by atoms with Crippen LogP contribution in [0.1, 0.15) is 11.3 Å². The maximum atomic E-state index is 13.3. The summed E-state index contributed by atoms with van der Waals surface area (Å²) in [5, 5.41) is 4.47. The molecule has 1 aromatic carbocycles. The average molecular weight is 353 g/mol. The van der Waals surface area contributed by atoms with Gasteiger partial charge < -0.3 is 4.74 Å². The summed E-state index contributed by atoms with van der Waals surface area (Å²) in [6, 6.07) is 7.25. The Morgan fingerprint density at radius 3 is 2.81 bits per heavy atom. The Hall–Kier alpha value is -3.42. The fraction of sp³-hybridized carbons (Fsp3) is 0.111. The summed E-state index contributed by atoms with van der Waals surface area (Å²) in [5.74, 6) is -0.138. The second kappa shape index (κ2) is 6.47. The van der Waals surface area contributed by atoms with Gasteiger partial charge in [-0.3, -0.25) is 0 Å². The van der Waals surface area contributed by atoms with Crippen LogP contribution >= 0.6 is 0 Å². The Morgan fingerprint density at radius 1 is 1.12 bits per heavy atom. The number of hydrogen-bond acceptors (Lipinski definition) is 5. The maximum absolute atomic E-state index is 13.3. The molecule has 0 aliphatic rings. The van der Waals surface area contributed by atoms with E-state index in [9.17, 15) is 8.78 Å². The van der Waals surface area contributed by atoms with Crippen LogP contribution < -0.4 is 4.74 Å². The number of benzene rings is 1. The van der Waals surface area contributed by atoms with Crippen LogP contribution in [-0.2, 0) is 6.61 Å². The van der Waals surface area contributed by atoms with Crippen LogP contribution in [0.3, 0.4) is 0 Å². The zero-order chi connectivity index (χ0) is 18.1. The lowest BCUT2D eigenvalue weighted by atomic mass is 10.1. The van der Waals surface area contributed by atoms with Crippen molar-refractivity contribution in [3.8, 4) is 17.0 Å². The lowest BCUT2D eigenvalue weighted by molar-refractivity contribution is 0.299. The minimum Gasteiger partial charge on any atom is -0.487 e. The highest BCUT2D eigenvalue weighted by Gasteiger charge is 2.10. The van der Waals surface area contributed by atoms with Crippen molar-refractivity contribution in [2.24, 2.45) is 0 Å². The molecule has 0 saturated carbocycles. The van der Waals surface area contributed by atoms with Crippen molar-refractivity contribution >= 4 is 5.78 Å². The second-order valence-electron chi connectivity index (χ2n) is 5.68. The second-order valence-corrected chi connectivity index (χ2v) is 5.68. The number of hydrogen-bond donors (Lipinski definition) is 0. The van der Waals surface area contributed by atoms with Gasteiger partial charge in [0.25, 0.3) is 5.78 Å². The fourth-order valence-electron chi connectivity index (χ4n) is 2.57. The van der Waals surface area contributed by atoms with Crippen molar-refractivity contribution in [1.29, 1.82) is 0 Å².